The first kappa shape index (κ1) is 11.8. The first-order valence-electron chi connectivity index (χ1n) is 4.34. The van der Waals surface area contributed by atoms with Crippen LogP contribution in [0.25, 0.3) is 0 Å². The van der Waals surface area contributed by atoms with Gasteiger partial charge in [-0.25, -0.2) is 4.39 Å². The Morgan fingerprint density at radius 1 is 1.38 bits per heavy atom. The van der Waals surface area contributed by atoms with Crippen molar-refractivity contribution in [3.8, 4) is 0 Å². The van der Waals surface area contributed by atoms with Crippen LogP contribution in [0.1, 0.15) is 6.92 Å². The van der Waals surface area contributed by atoms with Crippen LogP contribution in [-0.2, 0) is 4.79 Å². The largest absolute Gasteiger partial charge is 0.510 e. The quantitative estimate of drug-likeness (QED) is 0.469. The fourth-order valence-corrected chi connectivity index (χ4v) is 0.995. The summed E-state index contributed by atoms with van der Waals surface area (Å²) in [5.74, 6) is -1.77. The van der Waals surface area contributed by atoms with E-state index < -0.39 is 23.2 Å². The van der Waals surface area contributed by atoms with Crippen LogP contribution in [0.15, 0.2) is 40.9 Å². The number of rotatable bonds is 3. The average molecular weight is 224 g/mol. The molecule has 2 N–H and O–H groups in total. The van der Waals surface area contributed by atoms with Crippen LogP contribution in [0.4, 0.5) is 10.1 Å². The number of nitroso groups, excluding NO2 is 1. The van der Waals surface area contributed by atoms with E-state index in [1.54, 1.807) is 0 Å². The molecule has 5 nitrogen and oxygen atoms in total. The summed E-state index contributed by atoms with van der Waals surface area (Å²) in [4.78, 5) is 21.6. The molecule has 16 heavy (non-hydrogen) atoms. The second-order valence-corrected chi connectivity index (χ2v) is 2.99. The summed E-state index contributed by atoms with van der Waals surface area (Å²) in [6, 6.07) is 4.95. The molecule has 0 aliphatic heterocycles. The van der Waals surface area contributed by atoms with Gasteiger partial charge in [-0.1, -0.05) is 0 Å². The van der Waals surface area contributed by atoms with Gasteiger partial charge < -0.3 is 10.4 Å². The fourth-order valence-electron chi connectivity index (χ4n) is 0.995. The van der Waals surface area contributed by atoms with Gasteiger partial charge in [0.25, 0.3) is 5.91 Å². The monoisotopic (exact) mass is 224 g/mol. The van der Waals surface area contributed by atoms with Crippen molar-refractivity contribution in [3.63, 3.8) is 0 Å². The smallest absolute Gasteiger partial charge is 0.281 e. The van der Waals surface area contributed by atoms with Gasteiger partial charge >= 0.3 is 0 Å². The van der Waals surface area contributed by atoms with Gasteiger partial charge in [-0.3, -0.25) is 4.79 Å². The van der Waals surface area contributed by atoms with E-state index in [1.165, 1.54) is 19.1 Å². The summed E-state index contributed by atoms with van der Waals surface area (Å²) in [5.41, 5.74) is -0.307. The average Bonchev–Trinajstić information content (AvgIpc) is 2.22. The number of hydrogen-bond donors (Lipinski definition) is 2. The molecule has 0 aliphatic carbocycles. The number of carbonyl (C=O) groups excluding carboxylic acids is 1. The van der Waals surface area contributed by atoms with Gasteiger partial charge in [0.05, 0.1) is 0 Å². The number of carbonyl (C=O) groups is 1. The van der Waals surface area contributed by atoms with Crippen molar-refractivity contribution in [3.05, 3.63) is 46.4 Å². The Balaban J connectivity index is 2.83. The van der Waals surface area contributed by atoms with E-state index >= 15 is 0 Å². The number of aliphatic hydroxyl groups excluding tert-OH is 1. The summed E-state index contributed by atoms with van der Waals surface area (Å²) in [7, 11) is 0. The fraction of sp³-hybridized carbons (Fsp3) is 0.100. The van der Waals surface area contributed by atoms with Gasteiger partial charge in [0.15, 0.2) is 0 Å². The molecular formula is C10H9FN2O3. The predicted octanol–water partition coefficient (Wildman–Crippen LogP) is 2.32. The number of hydrogen-bond acceptors (Lipinski definition) is 4. The van der Waals surface area contributed by atoms with Gasteiger partial charge in [0.2, 0.25) is 5.70 Å². The van der Waals surface area contributed by atoms with E-state index in [4.69, 9.17) is 5.11 Å². The Kier molecular flexibility index (Phi) is 3.71. The number of nitrogens with zero attached hydrogens (tertiary/aromatic N) is 1. The molecule has 1 amide bonds. The molecular weight excluding hydrogens is 215 g/mol. The number of benzene rings is 1. The van der Waals surface area contributed by atoms with Crippen LogP contribution in [0.5, 0.6) is 0 Å². The minimum Gasteiger partial charge on any atom is -0.510 e. The molecule has 6 heteroatoms. The molecule has 0 spiro atoms. The molecule has 1 aromatic rings. The lowest BCUT2D eigenvalue weighted by atomic mass is 10.3. The van der Waals surface area contributed by atoms with E-state index in [2.05, 4.69) is 10.5 Å². The Morgan fingerprint density at radius 3 is 2.38 bits per heavy atom. The highest BCUT2D eigenvalue weighted by Crippen LogP contribution is 2.11. The molecule has 0 saturated carbocycles. The number of allylic oxidation sites excluding steroid dienone is 1. The van der Waals surface area contributed by atoms with Crippen LogP contribution in [0, 0.1) is 10.7 Å². The summed E-state index contributed by atoms with van der Waals surface area (Å²) in [6.07, 6.45) is 0. The maximum absolute atomic E-state index is 12.5. The summed E-state index contributed by atoms with van der Waals surface area (Å²) >= 11 is 0. The Bertz CT molecular complexity index is 436. The summed E-state index contributed by atoms with van der Waals surface area (Å²) < 4.78 is 12.5. The molecule has 0 bridgehead atoms. The Hall–Kier alpha value is -2.24. The molecule has 0 aromatic heterocycles. The molecule has 0 fully saturated rings. The third kappa shape index (κ3) is 2.88. The lowest BCUT2D eigenvalue weighted by Gasteiger charge is -2.03. The highest BCUT2D eigenvalue weighted by molar-refractivity contribution is 6.03. The molecule has 0 radical (unpaired) electrons. The van der Waals surface area contributed by atoms with Crippen molar-refractivity contribution >= 4 is 11.6 Å². The van der Waals surface area contributed by atoms with Gasteiger partial charge in [-0.05, 0) is 36.4 Å². The van der Waals surface area contributed by atoms with Crippen LogP contribution < -0.4 is 5.32 Å². The third-order valence-electron chi connectivity index (χ3n) is 1.75. The topological polar surface area (TPSA) is 78.8 Å². The van der Waals surface area contributed by atoms with Crippen LogP contribution in [-0.4, -0.2) is 11.0 Å². The lowest BCUT2D eigenvalue weighted by molar-refractivity contribution is -0.113. The van der Waals surface area contributed by atoms with E-state index in [9.17, 15) is 14.1 Å². The van der Waals surface area contributed by atoms with Crippen molar-refractivity contribution in [1.82, 2.24) is 0 Å². The number of nitrogens with one attached hydrogen (secondary N) is 1. The lowest BCUT2D eigenvalue weighted by Crippen LogP contribution is -2.14. The molecule has 0 unspecified atom stereocenters. The minimum atomic E-state index is -0.846. The molecule has 0 heterocycles. The molecule has 1 rings (SSSR count). The molecule has 0 saturated heterocycles. The van der Waals surface area contributed by atoms with Gasteiger partial charge in [0, 0.05) is 5.69 Å². The van der Waals surface area contributed by atoms with Crippen molar-refractivity contribution in [2.75, 3.05) is 5.32 Å². The third-order valence-corrected chi connectivity index (χ3v) is 1.75. The maximum Gasteiger partial charge on any atom is 0.281 e. The zero-order chi connectivity index (χ0) is 12.1. The summed E-state index contributed by atoms with van der Waals surface area (Å²) in [6.45, 7) is 1.17. The Labute approximate surface area is 90.6 Å². The predicted molar refractivity (Wildman–Crippen MR) is 56.2 cm³/mol. The van der Waals surface area contributed by atoms with Crippen molar-refractivity contribution < 1.29 is 14.3 Å². The number of anilines is 1. The van der Waals surface area contributed by atoms with E-state index in [1.807, 2.05) is 0 Å². The van der Waals surface area contributed by atoms with Crippen molar-refractivity contribution in [1.29, 1.82) is 0 Å². The van der Waals surface area contributed by atoms with Crippen LogP contribution >= 0.6 is 0 Å². The molecule has 84 valence electrons. The summed E-state index contributed by atoms with van der Waals surface area (Å²) in [5, 5.41) is 13.6. The normalized spacial score (nSPS) is 11.6. The van der Waals surface area contributed by atoms with Gasteiger partial charge in [-0.15, -0.1) is 4.91 Å². The van der Waals surface area contributed by atoms with E-state index in [-0.39, 0.29) is 0 Å². The van der Waals surface area contributed by atoms with Crippen LogP contribution in [0.2, 0.25) is 0 Å². The first-order chi connectivity index (χ1) is 7.54. The minimum absolute atomic E-state index is 0.300. The zero-order valence-electron chi connectivity index (χ0n) is 8.40. The second kappa shape index (κ2) is 5.01. The van der Waals surface area contributed by atoms with Crippen molar-refractivity contribution in [2.45, 2.75) is 6.92 Å². The highest BCUT2D eigenvalue weighted by atomic mass is 19.1. The number of aliphatic hydroxyl groups is 1. The standard InChI is InChI=1S/C10H9FN2O3/c1-6(14)9(13-16)10(15)12-8-4-2-7(11)3-5-8/h2-5,14H,1H3,(H,12,15)/b9-6+. The number of halogens is 1. The molecule has 0 aliphatic rings. The Morgan fingerprint density at radius 2 is 1.94 bits per heavy atom. The maximum atomic E-state index is 12.5. The SMILES string of the molecule is C/C(O)=C(\N=O)C(=O)Nc1ccc(F)cc1. The van der Waals surface area contributed by atoms with E-state index in [0.29, 0.717) is 5.69 Å². The highest BCUT2D eigenvalue weighted by Gasteiger charge is 2.13. The molecule has 1 aromatic carbocycles. The van der Waals surface area contributed by atoms with E-state index in [0.717, 1.165) is 12.1 Å². The van der Waals surface area contributed by atoms with Crippen LogP contribution in [0.3, 0.4) is 0 Å². The zero-order valence-corrected chi connectivity index (χ0v) is 8.40. The molecule has 0 atom stereocenters. The van der Waals surface area contributed by atoms with Gasteiger partial charge in [0.1, 0.15) is 11.6 Å². The first-order valence-corrected chi connectivity index (χ1v) is 4.34. The second-order valence-electron chi connectivity index (χ2n) is 2.99. The number of amides is 1. The van der Waals surface area contributed by atoms with Gasteiger partial charge in [-0.2, -0.15) is 0 Å². The van der Waals surface area contributed by atoms with Crippen molar-refractivity contribution in [2.24, 2.45) is 5.18 Å².